The van der Waals surface area contributed by atoms with Crippen molar-refractivity contribution in [1.82, 2.24) is 4.98 Å². The molecule has 2 N–H and O–H groups in total. The third-order valence-corrected chi connectivity index (χ3v) is 4.86. The van der Waals surface area contributed by atoms with Crippen molar-refractivity contribution in [3.05, 3.63) is 44.8 Å². The van der Waals surface area contributed by atoms with Crippen molar-refractivity contribution in [2.24, 2.45) is 5.73 Å². The average molecular weight is 326 g/mol. The minimum atomic E-state index is -0.399. The fourth-order valence-electron chi connectivity index (χ4n) is 2.61. The van der Waals surface area contributed by atoms with Gasteiger partial charge in [0.2, 0.25) is 0 Å². The minimum Gasteiger partial charge on any atom is -0.319 e. The molecular formula is C14H16ClN3O2S. The van der Waals surface area contributed by atoms with Gasteiger partial charge in [-0.15, -0.1) is 23.7 Å². The van der Waals surface area contributed by atoms with Crippen LogP contribution in [-0.4, -0.2) is 9.91 Å². The van der Waals surface area contributed by atoms with Gasteiger partial charge in [0.1, 0.15) is 5.01 Å². The third-order valence-electron chi connectivity index (χ3n) is 3.80. The van der Waals surface area contributed by atoms with Crippen molar-refractivity contribution in [2.45, 2.75) is 31.2 Å². The van der Waals surface area contributed by atoms with Crippen molar-refractivity contribution in [3.8, 4) is 11.3 Å². The lowest BCUT2D eigenvalue weighted by molar-refractivity contribution is -0.384. The lowest BCUT2D eigenvalue weighted by atomic mass is 10.0. The van der Waals surface area contributed by atoms with Gasteiger partial charge in [-0.2, -0.15) is 0 Å². The molecule has 0 atom stereocenters. The number of nitrogens with two attached hydrogens (primary N) is 1. The topological polar surface area (TPSA) is 82.0 Å². The highest BCUT2D eigenvalue weighted by atomic mass is 35.5. The molecule has 0 saturated heterocycles. The molecule has 1 aliphatic rings. The number of hydrogen-bond donors (Lipinski definition) is 1. The molecule has 1 aromatic heterocycles. The van der Waals surface area contributed by atoms with E-state index < -0.39 is 4.92 Å². The van der Waals surface area contributed by atoms with E-state index in [0.29, 0.717) is 0 Å². The fraction of sp³-hybridized carbons (Fsp3) is 0.357. The lowest BCUT2D eigenvalue weighted by Gasteiger charge is -2.19. The van der Waals surface area contributed by atoms with Gasteiger partial charge in [0.15, 0.2) is 0 Å². The first kappa shape index (κ1) is 15.9. The summed E-state index contributed by atoms with van der Waals surface area (Å²) in [5.41, 5.74) is 7.95. The van der Waals surface area contributed by atoms with Crippen LogP contribution in [0.2, 0.25) is 0 Å². The SMILES string of the molecule is Cl.NC1(c2nc(-c3ccc([N+](=O)[O-])cc3)cs2)CCCC1. The van der Waals surface area contributed by atoms with E-state index in [4.69, 9.17) is 5.73 Å². The molecule has 21 heavy (non-hydrogen) atoms. The van der Waals surface area contributed by atoms with Crippen LogP contribution >= 0.6 is 23.7 Å². The Labute approximate surface area is 132 Å². The van der Waals surface area contributed by atoms with Crippen molar-refractivity contribution in [1.29, 1.82) is 0 Å². The van der Waals surface area contributed by atoms with Crippen LogP contribution < -0.4 is 5.73 Å². The molecule has 1 fully saturated rings. The minimum absolute atomic E-state index is 0. The Kier molecular flexibility index (Phi) is 4.61. The highest BCUT2D eigenvalue weighted by Gasteiger charge is 2.34. The zero-order valence-corrected chi connectivity index (χ0v) is 13.0. The second-order valence-corrected chi connectivity index (χ2v) is 6.06. The highest BCUT2D eigenvalue weighted by Crippen LogP contribution is 2.39. The van der Waals surface area contributed by atoms with E-state index in [-0.39, 0.29) is 23.6 Å². The Morgan fingerprint density at radius 2 is 1.86 bits per heavy atom. The predicted octanol–water partition coefficient (Wildman–Crippen LogP) is 3.87. The number of rotatable bonds is 3. The van der Waals surface area contributed by atoms with Crippen LogP contribution in [0.4, 0.5) is 5.69 Å². The molecule has 112 valence electrons. The maximum atomic E-state index is 10.6. The summed E-state index contributed by atoms with van der Waals surface area (Å²) in [6, 6.07) is 6.47. The van der Waals surface area contributed by atoms with Gasteiger partial charge >= 0.3 is 0 Å². The molecule has 5 nitrogen and oxygen atoms in total. The largest absolute Gasteiger partial charge is 0.319 e. The molecule has 1 aliphatic carbocycles. The molecular weight excluding hydrogens is 310 g/mol. The predicted molar refractivity (Wildman–Crippen MR) is 85.8 cm³/mol. The highest BCUT2D eigenvalue weighted by molar-refractivity contribution is 7.10. The molecule has 1 heterocycles. The van der Waals surface area contributed by atoms with E-state index in [1.54, 1.807) is 23.5 Å². The summed E-state index contributed by atoms with van der Waals surface area (Å²) >= 11 is 1.58. The van der Waals surface area contributed by atoms with Gasteiger partial charge in [-0.25, -0.2) is 4.98 Å². The lowest BCUT2D eigenvalue weighted by Crippen LogP contribution is -2.32. The van der Waals surface area contributed by atoms with E-state index in [1.807, 2.05) is 5.38 Å². The van der Waals surface area contributed by atoms with Crippen LogP contribution in [0.5, 0.6) is 0 Å². The molecule has 0 bridgehead atoms. The Morgan fingerprint density at radius 3 is 2.43 bits per heavy atom. The van der Waals surface area contributed by atoms with E-state index in [1.165, 1.54) is 12.1 Å². The van der Waals surface area contributed by atoms with Gasteiger partial charge in [-0.1, -0.05) is 12.8 Å². The molecule has 7 heteroatoms. The zero-order chi connectivity index (χ0) is 14.2. The summed E-state index contributed by atoms with van der Waals surface area (Å²) in [5, 5.41) is 13.6. The van der Waals surface area contributed by atoms with E-state index in [2.05, 4.69) is 4.98 Å². The van der Waals surface area contributed by atoms with Crippen molar-refractivity contribution >= 4 is 29.4 Å². The van der Waals surface area contributed by atoms with Crippen LogP contribution in [0.1, 0.15) is 30.7 Å². The first-order valence-electron chi connectivity index (χ1n) is 6.58. The van der Waals surface area contributed by atoms with E-state index >= 15 is 0 Å². The van der Waals surface area contributed by atoms with Crippen molar-refractivity contribution < 1.29 is 4.92 Å². The number of hydrogen-bond acceptors (Lipinski definition) is 5. The molecule has 1 saturated carbocycles. The van der Waals surface area contributed by atoms with E-state index in [0.717, 1.165) is 41.9 Å². The van der Waals surface area contributed by atoms with Crippen LogP contribution in [0, 0.1) is 10.1 Å². The normalized spacial score (nSPS) is 16.4. The number of nitrogens with zero attached hydrogens (tertiary/aromatic N) is 2. The van der Waals surface area contributed by atoms with Crippen LogP contribution in [0.3, 0.4) is 0 Å². The summed E-state index contributed by atoms with van der Waals surface area (Å²) in [6.45, 7) is 0. The summed E-state index contributed by atoms with van der Waals surface area (Å²) in [4.78, 5) is 14.9. The van der Waals surface area contributed by atoms with Crippen molar-refractivity contribution in [2.75, 3.05) is 0 Å². The maximum absolute atomic E-state index is 10.6. The van der Waals surface area contributed by atoms with Gasteiger partial charge in [0.05, 0.1) is 16.2 Å². The Balaban J connectivity index is 0.00000161. The summed E-state index contributed by atoms with van der Waals surface area (Å²) in [6.07, 6.45) is 4.28. The smallest absolute Gasteiger partial charge is 0.269 e. The van der Waals surface area contributed by atoms with Crippen LogP contribution in [-0.2, 0) is 5.54 Å². The molecule has 1 aromatic carbocycles. The number of benzene rings is 1. The Hall–Kier alpha value is -1.50. The molecule has 0 amide bonds. The molecule has 0 unspecified atom stereocenters. The van der Waals surface area contributed by atoms with Gasteiger partial charge in [-0.3, -0.25) is 10.1 Å². The fourth-order valence-corrected chi connectivity index (χ4v) is 3.61. The molecule has 2 aromatic rings. The third kappa shape index (κ3) is 3.07. The summed E-state index contributed by atoms with van der Waals surface area (Å²) < 4.78 is 0. The molecule has 0 spiro atoms. The van der Waals surface area contributed by atoms with Gasteiger partial charge < -0.3 is 5.73 Å². The second-order valence-electron chi connectivity index (χ2n) is 5.21. The number of aromatic nitrogens is 1. The number of nitro benzene ring substituents is 1. The molecule has 0 aliphatic heterocycles. The van der Waals surface area contributed by atoms with Crippen LogP contribution in [0.15, 0.2) is 29.6 Å². The number of thiazole rings is 1. The second kappa shape index (κ2) is 6.09. The monoisotopic (exact) mass is 325 g/mol. The van der Waals surface area contributed by atoms with E-state index in [9.17, 15) is 10.1 Å². The average Bonchev–Trinajstić information content (AvgIpc) is 3.08. The number of nitro groups is 1. The Bertz CT molecular complexity index is 636. The molecule has 3 rings (SSSR count). The zero-order valence-electron chi connectivity index (χ0n) is 11.3. The summed E-state index contributed by atoms with van der Waals surface area (Å²) in [5.74, 6) is 0. The van der Waals surface area contributed by atoms with Gasteiger partial charge in [-0.05, 0) is 25.0 Å². The number of halogens is 1. The number of non-ortho nitro benzene ring substituents is 1. The van der Waals surface area contributed by atoms with Gasteiger partial charge in [0.25, 0.3) is 5.69 Å². The van der Waals surface area contributed by atoms with Crippen LogP contribution in [0.25, 0.3) is 11.3 Å². The molecule has 0 radical (unpaired) electrons. The Morgan fingerprint density at radius 1 is 1.24 bits per heavy atom. The van der Waals surface area contributed by atoms with Crippen molar-refractivity contribution in [3.63, 3.8) is 0 Å². The first-order valence-corrected chi connectivity index (χ1v) is 7.46. The van der Waals surface area contributed by atoms with Gasteiger partial charge in [0, 0.05) is 23.1 Å². The first-order chi connectivity index (χ1) is 9.58. The quantitative estimate of drug-likeness (QED) is 0.686. The summed E-state index contributed by atoms with van der Waals surface area (Å²) in [7, 11) is 0. The maximum Gasteiger partial charge on any atom is 0.269 e. The standard InChI is InChI=1S/C14H15N3O2S.ClH/c15-14(7-1-2-8-14)13-16-12(9-20-13)10-3-5-11(6-4-10)17(18)19;/h3-6,9H,1-2,7-8,15H2;1H.